The minimum Gasteiger partial charge on any atom is -0.494 e. The van der Waals surface area contributed by atoms with Crippen LogP contribution in [0, 0.1) is 0 Å². The number of fused-ring (bicyclic) bond motifs is 1. The number of halogens is 1. The number of hydrogen-bond donors (Lipinski definition) is 0. The van der Waals surface area contributed by atoms with E-state index < -0.39 is 11.2 Å². The monoisotopic (exact) mass is 427 g/mol. The van der Waals surface area contributed by atoms with E-state index in [-0.39, 0.29) is 12.5 Å². The summed E-state index contributed by atoms with van der Waals surface area (Å²) < 4.78 is 7.86. The van der Waals surface area contributed by atoms with Gasteiger partial charge in [-0.05, 0) is 62.2 Å². The minimum atomic E-state index is -0.577. The number of carbonyl (C=O) groups is 1. The van der Waals surface area contributed by atoms with Gasteiger partial charge in [0.25, 0.3) is 5.56 Å². The van der Waals surface area contributed by atoms with Gasteiger partial charge in [-0.3, -0.25) is 14.2 Å². The maximum Gasteiger partial charge on any atom is 0.336 e. The number of carbonyl (C=O) groups excluding carboxylic acids is 1. The van der Waals surface area contributed by atoms with Crippen molar-refractivity contribution in [3.63, 3.8) is 0 Å². The van der Waals surface area contributed by atoms with Gasteiger partial charge in [0.1, 0.15) is 12.3 Å². The van der Waals surface area contributed by atoms with Crippen LogP contribution in [0.4, 0.5) is 0 Å². The number of hydrogen-bond acceptors (Lipinski definition) is 4. The van der Waals surface area contributed by atoms with Gasteiger partial charge in [0.15, 0.2) is 0 Å². The van der Waals surface area contributed by atoms with Crippen LogP contribution >= 0.6 is 11.6 Å². The topological polar surface area (TPSA) is 73.5 Å². The lowest BCUT2D eigenvalue weighted by atomic mass is 10.2. The van der Waals surface area contributed by atoms with Crippen molar-refractivity contribution in [2.24, 2.45) is 0 Å². The van der Waals surface area contributed by atoms with Crippen LogP contribution in [-0.2, 0) is 11.3 Å². The number of rotatable bonds is 5. The molecule has 8 heteroatoms. The molecule has 1 saturated heterocycles. The molecule has 156 valence electrons. The molecule has 0 atom stereocenters. The third-order valence-corrected chi connectivity index (χ3v) is 5.50. The van der Waals surface area contributed by atoms with Crippen molar-refractivity contribution in [3.8, 4) is 11.4 Å². The number of amides is 1. The summed E-state index contributed by atoms with van der Waals surface area (Å²) in [5, 5.41) is 0.713. The van der Waals surface area contributed by atoms with E-state index in [0.29, 0.717) is 47.1 Å². The highest BCUT2D eigenvalue weighted by Gasteiger charge is 2.22. The highest BCUT2D eigenvalue weighted by molar-refractivity contribution is 6.31. The molecule has 7 nitrogen and oxygen atoms in total. The van der Waals surface area contributed by atoms with E-state index >= 15 is 0 Å². The second kappa shape index (κ2) is 8.36. The first kappa shape index (κ1) is 20.2. The molecular formula is C22H22ClN3O4. The molecule has 4 rings (SSSR count). The molecule has 0 bridgehead atoms. The van der Waals surface area contributed by atoms with E-state index in [0.717, 1.165) is 17.4 Å². The standard InChI is InChI=1S/C22H22ClN3O4/c1-2-30-17-8-6-16(7-9-17)26-21(28)18-10-5-15(23)13-19(18)25(22(26)29)14-20(27)24-11-3-4-12-24/h5-10,13H,2-4,11-12,14H2,1H3. The molecule has 0 aliphatic carbocycles. The van der Waals surface area contributed by atoms with Crippen molar-refractivity contribution in [3.05, 3.63) is 68.3 Å². The van der Waals surface area contributed by atoms with Gasteiger partial charge in [0.05, 0.1) is 23.2 Å². The van der Waals surface area contributed by atoms with Crippen LogP contribution in [0.1, 0.15) is 19.8 Å². The van der Waals surface area contributed by atoms with Crippen molar-refractivity contribution in [2.75, 3.05) is 19.7 Å². The molecule has 2 heterocycles. The molecule has 2 aromatic carbocycles. The Balaban J connectivity index is 1.88. The van der Waals surface area contributed by atoms with Crippen LogP contribution in [0.15, 0.2) is 52.1 Å². The molecule has 30 heavy (non-hydrogen) atoms. The van der Waals surface area contributed by atoms with Crippen LogP contribution < -0.4 is 16.0 Å². The van der Waals surface area contributed by atoms with Crippen molar-refractivity contribution < 1.29 is 9.53 Å². The summed E-state index contributed by atoms with van der Waals surface area (Å²) in [5.41, 5.74) is -0.271. The van der Waals surface area contributed by atoms with Crippen LogP contribution in [-0.4, -0.2) is 39.6 Å². The van der Waals surface area contributed by atoms with Gasteiger partial charge in [-0.25, -0.2) is 9.36 Å². The quantitative estimate of drug-likeness (QED) is 0.627. The van der Waals surface area contributed by atoms with Gasteiger partial charge in [0.2, 0.25) is 5.91 Å². The van der Waals surface area contributed by atoms with Crippen molar-refractivity contribution in [1.29, 1.82) is 0 Å². The van der Waals surface area contributed by atoms with E-state index in [1.54, 1.807) is 47.4 Å². The van der Waals surface area contributed by atoms with Gasteiger partial charge >= 0.3 is 5.69 Å². The molecule has 1 aliphatic rings. The normalized spacial score (nSPS) is 13.7. The Hall–Kier alpha value is -3.06. The van der Waals surface area contributed by atoms with E-state index in [9.17, 15) is 14.4 Å². The predicted molar refractivity (Wildman–Crippen MR) is 116 cm³/mol. The van der Waals surface area contributed by atoms with E-state index in [1.165, 1.54) is 4.57 Å². The fourth-order valence-electron chi connectivity index (χ4n) is 3.78. The Morgan fingerprint density at radius 3 is 2.43 bits per heavy atom. The molecular weight excluding hydrogens is 406 g/mol. The highest BCUT2D eigenvalue weighted by atomic mass is 35.5. The highest BCUT2D eigenvalue weighted by Crippen LogP contribution is 2.18. The summed E-state index contributed by atoms with van der Waals surface area (Å²) in [6, 6.07) is 11.5. The maximum absolute atomic E-state index is 13.4. The third kappa shape index (κ3) is 3.73. The van der Waals surface area contributed by atoms with Crippen molar-refractivity contribution in [2.45, 2.75) is 26.3 Å². The molecule has 0 radical (unpaired) electrons. The number of benzene rings is 2. The Kier molecular flexibility index (Phi) is 5.63. The van der Waals surface area contributed by atoms with Crippen molar-refractivity contribution in [1.82, 2.24) is 14.0 Å². The molecule has 1 fully saturated rings. The van der Waals surface area contributed by atoms with E-state index in [4.69, 9.17) is 16.3 Å². The lowest BCUT2D eigenvalue weighted by molar-refractivity contribution is -0.130. The molecule has 0 spiro atoms. The van der Waals surface area contributed by atoms with Crippen LogP contribution in [0.5, 0.6) is 5.75 Å². The Morgan fingerprint density at radius 2 is 1.77 bits per heavy atom. The van der Waals surface area contributed by atoms with E-state index in [2.05, 4.69) is 0 Å². The summed E-state index contributed by atoms with van der Waals surface area (Å²) in [5.74, 6) is 0.499. The summed E-state index contributed by atoms with van der Waals surface area (Å²) in [7, 11) is 0. The summed E-state index contributed by atoms with van der Waals surface area (Å²) in [6.07, 6.45) is 1.91. The third-order valence-electron chi connectivity index (χ3n) is 5.26. The Labute approximate surface area is 178 Å². The molecule has 1 aliphatic heterocycles. The second-order valence-corrected chi connectivity index (χ2v) is 7.62. The smallest absolute Gasteiger partial charge is 0.336 e. The zero-order chi connectivity index (χ0) is 21.3. The lowest BCUT2D eigenvalue weighted by Gasteiger charge is -2.18. The van der Waals surface area contributed by atoms with Gasteiger partial charge in [-0.2, -0.15) is 0 Å². The van der Waals surface area contributed by atoms with Gasteiger partial charge < -0.3 is 9.64 Å². The van der Waals surface area contributed by atoms with Crippen molar-refractivity contribution >= 4 is 28.4 Å². The number of ether oxygens (including phenoxy) is 1. The maximum atomic E-state index is 13.4. The SMILES string of the molecule is CCOc1ccc(-n2c(=O)c3ccc(Cl)cc3n(CC(=O)N3CCCC3)c2=O)cc1. The first-order chi connectivity index (χ1) is 14.5. The Morgan fingerprint density at radius 1 is 1.07 bits per heavy atom. The number of nitrogens with zero attached hydrogens (tertiary/aromatic N) is 3. The summed E-state index contributed by atoms with van der Waals surface area (Å²) in [6.45, 7) is 3.62. The van der Waals surface area contributed by atoms with Crippen LogP contribution in [0.2, 0.25) is 5.02 Å². The van der Waals surface area contributed by atoms with Crippen LogP contribution in [0.3, 0.4) is 0 Å². The average Bonchev–Trinajstić information content (AvgIpc) is 3.27. The fraction of sp³-hybridized carbons (Fsp3) is 0.318. The molecule has 0 N–H and O–H groups in total. The van der Waals surface area contributed by atoms with Gasteiger partial charge in [-0.1, -0.05) is 11.6 Å². The molecule has 1 amide bonds. The summed E-state index contributed by atoms with van der Waals surface area (Å²) >= 11 is 6.13. The minimum absolute atomic E-state index is 0.146. The Bertz CT molecular complexity index is 1210. The largest absolute Gasteiger partial charge is 0.494 e. The first-order valence-electron chi connectivity index (χ1n) is 9.95. The first-order valence-corrected chi connectivity index (χ1v) is 10.3. The average molecular weight is 428 g/mol. The number of likely N-dealkylation sites (tertiary alicyclic amines) is 1. The zero-order valence-electron chi connectivity index (χ0n) is 16.6. The summed E-state index contributed by atoms with van der Waals surface area (Å²) in [4.78, 5) is 41.0. The van der Waals surface area contributed by atoms with Gasteiger partial charge in [-0.15, -0.1) is 0 Å². The molecule has 0 saturated carbocycles. The predicted octanol–water partition coefficient (Wildman–Crippen LogP) is 2.83. The second-order valence-electron chi connectivity index (χ2n) is 7.19. The van der Waals surface area contributed by atoms with Gasteiger partial charge in [0, 0.05) is 18.1 Å². The molecule has 1 aromatic heterocycles. The number of aromatic nitrogens is 2. The fourth-order valence-corrected chi connectivity index (χ4v) is 3.95. The van der Waals surface area contributed by atoms with Crippen LogP contribution in [0.25, 0.3) is 16.6 Å². The van der Waals surface area contributed by atoms with E-state index in [1.807, 2.05) is 6.92 Å². The molecule has 0 unspecified atom stereocenters. The molecule has 3 aromatic rings. The lowest BCUT2D eigenvalue weighted by Crippen LogP contribution is -2.42. The zero-order valence-corrected chi connectivity index (χ0v) is 17.4.